The molecule has 0 unspecified atom stereocenters. The van der Waals surface area contributed by atoms with Crippen LogP contribution < -0.4 is 11.3 Å². The number of H-pyrrole nitrogens is 1. The van der Waals surface area contributed by atoms with E-state index in [1.165, 1.54) is 0 Å². The summed E-state index contributed by atoms with van der Waals surface area (Å²) in [6.07, 6.45) is 0. The normalized spacial score (nSPS) is 10.1. The minimum Gasteiger partial charge on any atom is -0.325 e. The van der Waals surface area contributed by atoms with Gasteiger partial charge in [-0.15, -0.1) is 0 Å². The van der Waals surface area contributed by atoms with Gasteiger partial charge in [-0.3, -0.25) is 4.79 Å². The van der Waals surface area contributed by atoms with Crippen LogP contribution in [-0.2, 0) is 6.54 Å². The summed E-state index contributed by atoms with van der Waals surface area (Å²) in [6, 6.07) is 1.61. The minimum absolute atomic E-state index is 0.130. The molecule has 0 aliphatic carbocycles. The van der Waals surface area contributed by atoms with Crippen molar-refractivity contribution in [2.75, 3.05) is 0 Å². The van der Waals surface area contributed by atoms with E-state index >= 15 is 0 Å². The highest BCUT2D eigenvalue weighted by atomic mass is 35.5. The lowest BCUT2D eigenvalue weighted by Crippen LogP contribution is -2.14. The summed E-state index contributed by atoms with van der Waals surface area (Å²) in [7, 11) is 0. The van der Waals surface area contributed by atoms with Crippen LogP contribution in [0.2, 0.25) is 5.02 Å². The van der Waals surface area contributed by atoms with Gasteiger partial charge in [0.15, 0.2) is 0 Å². The van der Waals surface area contributed by atoms with Crippen molar-refractivity contribution in [3.8, 4) is 0 Å². The van der Waals surface area contributed by atoms with Gasteiger partial charge in [0.2, 0.25) is 0 Å². The molecule has 0 radical (unpaired) electrons. The first kappa shape index (κ1) is 8.30. The molecule has 11 heavy (non-hydrogen) atoms. The summed E-state index contributed by atoms with van der Waals surface area (Å²) >= 11 is 5.75. The number of hydrogen-bond donors (Lipinski definition) is 2. The molecule has 1 aromatic rings. The van der Waals surface area contributed by atoms with E-state index in [0.717, 1.165) is 0 Å². The molecule has 1 rings (SSSR count). The largest absolute Gasteiger partial charge is 0.325 e. The van der Waals surface area contributed by atoms with E-state index < -0.39 is 0 Å². The molecule has 0 atom stereocenters. The standard InChI is InChI=1S/C7H9ClN2O/c1-4-2-5(8)6(3-9)10-7(4)11/h2H,3,9H2,1H3,(H,10,11). The molecule has 0 fully saturated rings. The molecule has 60 valence electrons. The second-order valence-corrected chi connectivity index (χ2v) is 2.72. The van der Waals surface area contributed by atoms with Gasteiger partial charge in [-0.25, -0.2) is 0 Å². The quantitative estimate of drug-likeness (QED) is 0.658. The predicted octanol–water partition coefficient (Wildman–Crippen LogP) is 0.795. The summed E-state index contributed by atoms with van der Waals surface area (Å²) in [4.78, 5) is 13.6. The van der Waals surface area contributed by atoms with Crippen LogP contribution in [0.5, 0.6) is 0 Å². The fraction of sp³-hybridized carbons (Fsp3) is 0.286. The molecule has 1 aromatic heterocycles. The average molecular weight is 173 g/mol. The van der Waals surface area contributed by atoms with E-state index in [2.05, 4.69) is 4.98 Å². The number of aromatic amines is 1. The third-order valence-corrected chi connectivity index (χ3v) is 1.80. The Morgan fingerprint density at radius 1 is 1.73 bits per heavy atom. The van der Waals surface area contributed by atoms with Crippen molar-refractivity contribution in [3.05, 3.63) is 32.7 Å². The molecule has 0 saturated carbocycles. The van der Waals surface area contributed by atoms with Crippen LogP contribution in [0.4, 0.5) is 0 Å². The molecule has 0 bridgehead atoms. The first-order valence-corrected chi connectivity index (χ1v) is 3.61. The van der Waals surface area contributed by atoms with Gasteiger partial charge < -0.3 is 10.7 Å². The zero-order valence-electron chi connectivity index (χ0n) is 6.15. The van der Waals surface area contributed by atoms with Crippen LogP contribution in [0.15, 0.2) is 10.9 Å². The van der Waals surface area contributed by atoms with E-state index in [1.54, 1.807) is 13.0 Å². The molecule has 0 aliphatic heterocycles. The van der Waals surface area contributed by atoms with E-state index in [9.17, 15) is 4.79 Å². The van der Waals surface area contributed by atoms with Crippen molar-refractivity contribution in [1.29, 1.82) is 0 Å². The Kier molecular flexibility index (Phi) is 2.31. The van der Waals surface area contributed by atoms with Crippen molar-refractivity contribution in [2.24, 2.45) is 5.73 Å². The van der Waals surface area contributed by atoms with Crippen molar-refractivity contribution >= 4 is 11.6 Å². The first-order valence-electron chi connectivity index (χ1n) is 3.23. The molecule has 0 saturated heterocycles. The van der Waals surface area contributed by atoms with Crippen LogP contribution >= 0.6 is 11.6 Å². The molecule has 0 aromatic carbocycles. The van der Waals surface area contributed by atoms with Crippen molar-refractivity contribution in [3.63, 3.8) is 0 Å². The highest BCUT2D eigenvalue weighted by molar-refractivity contribution is 6.31. The van der Waals surface area contributed by atoms with Gasteiger partial charge in [-0.1, -0.05) is 11.6 Å². The number of nitrogens with one attached hydrogen (secondary N) is 1. The fourth-order valence-electron chi connectivity index (χ4n) is 0.787. The van der Waals surface area contributed by atoms with Gasteiger partial charge in [0.1, 0.15) is 0 Å². The minimum atomic E-state index is -0.130. The highest BCUT2D eigenvalue weighted by Gasteiger charge is 2.00. The topological polar surface area (TPSA) is 58.9 Å². The second-order valence-electron chi connectivity index (χ2n) is 2.31. The summed E-state index contributed by atoms with van der Waals surface area (Å²) in [5.41, 5.74) is 6.37. The third kappa shape index (κ3) is 1.61. The van der Waals surface area contributed by atoms with Gasteiger partial charge in [0, 0.05) is 12.1 Å². The lowest BCUT2D eigenvalue weighted by Gasteiger charge is -2.00. The fourth-order valence-corrected chi connectivity index (χ4v) is 1.07. The molecule has 4 heteroatoms. The number of nitrogens with two attached hydrogens (primary N) is 1. The van der Waals surface area contributed by atoms with E-state index in [1.807, 2.05) is 0 Å². The number of halogens is 1. The van der Waals surface area contributed by atoms with Crippen LogP contribution in [-0.4, -0.2) is 4.98 Å². The Morgan fingerprint density at radius 3 is 2.91 bits per heavy atom. The monoisotopic (exact) mass is 172 g/mol. The van der Waals surface area contributed by atoms with E-state index in [4.69, 9.17) is 17.3 Å². The molecule has 0 amide bonds. The van der Waals surface area contributed by atoms with E-state index in [0.29, 0.717) is 16.3 Å². The molecule has 3 N–H and O–H groups in total. The SMILES string of the molecule is Cc1cc(Cl)c(CN)[nH]c1=O. The Morgan fingerprint density at radius 2 is 2.36 bits per heavy atom. The number of rotatable bonds is 1. The molecule has 0 aliphatic rings. The number of aryl methyl sites for hydroxylation is 1. The summed E-state index contributed by atoms with van der Waals surface area (Å²) in [5.74, 6) is 0. The smallest absolute Gasteiger partial charge is 0.251 e. The van der Waals surface area contributed by atoms with Crippen molar-refractivity contribution in [1.82, 2.24) is 4.98 Å². The molecular weight excluding hydrogens is 164 g/mol. The summed E-state index contributed by atoms with van der Waals surface area (Å²) in [6.45, 7) is 1.96. The maximum Gasteiger partial charge on any atom is 0.251 e. The zero-order valence-corrected chi connectivity index (χ0v) is 6.90. The molecule has 1 heterocycles. The number of aromatic nitrogens is 1. The van der Waals surface area contributed by atoms with Crippen LogP contribution in [0.1, 0.15) is 11.3 Å². The van der Waals surface area contributed by atoms with E-state index in [-0.39, 0.29) is 12.1 Å². The Hall–Kier alpha value is -0.800. The Bertz CT molecular complexity index is 319. The maximum atomic E-state index is 11.0. The van der Waals surface area contributed by atoms with Gasteiger partial charge in [0.25, 0.3) is 5.56 Å². The van der Waals surface area contributed by atoms with Crippen molar-refractivity contribution < 1.29 is 0 Å². The van der Waals surface area contributed by atoms with Crippen LogP contribution in [0.3, 0.4) is 0 Å². The average Bonchev–Trinajstić information content (AvgIpc) is 1.97. The van der Waals surface area contributed by atoms with Crippen molar-refractivity contribution in [2.45, 2.75) is 13.5 Å². The first-order chi connectivity index (χ1) is 5.15. The lowest BCUT2D eigenvalue weighted by molar-refractivity contribution is 0.964. The summed E-state index contributed by atoms with van der Waals surface area (Å²) in [5, 5.41) is 0.518. The number of pyridine rings is 1. The van der Waals surface area contributed by atoms with Gasteiger partial charge in [0.05, 0.1) is 10.7 Å². The zero-order chi connectivity index (χ0) is 8.43. The number of hydrogen-bond acceptors (Lipinski definition) is 2. The summed E-state index contributed by atoms with van der Waals surface area (Å²) < 4.78 is 0. The second kappa shape index (κ2) is 3.07. The Balaban J connectivity index is 3.32. The van der Waals surface area contributed by atoms with Crippen LogP contribution in [0.25, 0.3) is 0 Å². The van der Waals surface area contributed by atoms with Gasteiger partial charge in [-0.05, 0) is 13.0 Å². The molecule has 3 nitrogen and oxygen atoms in total. The maximum absolute atomic E-state index is 11.0. The van der Waals surface area contributed by atoms with Gasteiger partial charge in [-0.2, -0.15) is 0 Å². The lowest BCUT2D eigenvalue weighted by atomic mass is 10.2. The third-order valence-electron chi connectivity index (χ3n) is 1.46. The van der Waals surface area contributed by atoms with Gasteiger partial charge >= 0.3 is 0 Å². The molecular formula is C7H9ClN2O. The highest BCUT2D eigenvalue weighted by Crippen LogP contribution is 2.11. The van der Waals surface area contributed by atoms with Crippen LogP contribution in [0, 0.1) is 6.92 Å². The molecule has 0 spiro atoms. The Labute approximate surface area is 69.2 Å². The predicted molar refractivity (Wildman–Crippen MR) is 44.7 cm³/mol.